The summed E-state index contributed by atoms with van der Waals surface area (Å²) in [6.45, 7) is 4.10. The van der Waals surface area contributed by atoms with Gasteiger partial charge in [0.2, 0.25) is 5.91 Å². The van der Waals surface area contributed by atoms with E-state index in [0.29, 0.717) is 12.0 Å². The Morgan fingerprint density at radius 1 is 1.11 bits per heavy atom. The molecule has 5 nitrogen and oxygen atoms in total. The van der Waals surface area contributed by atoms with E-state index >= 15 is 0 Å². The molecule has 2 aromatic rings. The molecule has 0 saturated carbocycles. The molecule has 27 heavy (non-hydrogen) atoms. The Balaban J connectivity index is 1.93. The molecule has 142 valence electrons. The highest BCUT2D eigenvalue weighted by Crippen LogP contribution is 2.30. The number of aliphatic hydroxyl groups excluding tert-OH is 1. The highest BCUT2D eigenvalue weighted by molar-refractivity contribution is 5.95. The van der Waals surface area contributed by atoms with E-state index in [1.165, 1.54) is 4.90 Å². The van der Waals surface area contributed by atoms with Gasteiger partial charge in [-0.05, 0) is 23.5 Å². The molecular weight excluding hydrogens is 342 g/mol. The van der Waals surface area contributed by atoms with Gasteiger partial charge in [0.05, 0.1) is 18.1 Å². The second kappa shape index (κ2) is 8.35. The maximum Gasteiger partial charge on any atom is 0.416 e. The Kier molecular flexibility index (Phi) is 5.91. The summed E-state index contributed by atoms with van der Waals surface area (Å²) in [6.07, 6.45) is -1.30. The van der Waals surface area contributed by atoms with Crippen LogP contribution in [-0.4, -0.2) is 34.7 Å². The lowest BCUT2D eigenvalue weighted by atomic mass is 9.88. The molecule has 2 amide bonds. The summed E-state index contributed by atoms with van der Waals surface area (Å²) in [7, 11) is 0. The quantitative estimate of drug-likeness (QED) is 0.847. The Labute approximate surface area is 159 Å². The van der Waals surface area contributed by atoms with Crippen molar-refractivity contribution >= 4 is 12.0 Å². The van der Waals surface area contributed by atoms with E-state index in [-0.39, 0.29) is 18.6 Å². The van der Waals surface area contributed by atoms with E-state index in [1.54, 1.807) is 12.1 Å². The summed E-state index contributed by atoms with van der Waals surface area (Å²) < 4.78 is 5.13. The van der Waals surface area contributed by atoms with Gasteiger partial charge in [0, 0.05) is 0 Å². The van der Waals surface area contributed by atoms with Crippen molar-refractivity contribution in [3.8, 4) is 0 Å². The van der Waals surface area contributed by atoms with E-state index in [2.05, 4.69) is 0 Å². The van der Waals surface area contributed by atoms with E-state index in [0.717, 1.165) is 5.56 Å². The normalized spacial score (nSPS) is 19.0. The first kappa shape index (κ1) is 19.1. The summed E-state index contributed by atoms with van der Waals surface area (Å²) in [5.74, 6) is -1.09. The van der Waals surface area contributed by atoms with Gasteiger partial charge in [-0.25, -0.2) is 9.69 Å². The average molecular weight is 367 g/mol. The van der Waals surface area contributed by atoms with Crippen LogP contribution in [0.2, 0.25) is 0 Å². The first-order valence-corrected chi connectivity index (χ1v) is 9.25. The van der Waals surface area contributed by atoms with Gasteiger partial charge in [0.25, 0.3) is 0 Å². The Bertz CT molecular complexity index is 775. The van der Waals surface area contributed by atoms with Gasteiger partial charge in [0.1, 0.15) is 6.61 Å². The van der Waals surface area contributed by atoms with Crippen LogP contribution in [0.5, 0.6) is 0 Å². The lowest BCUT2D eigenvalue weighted by Gasteiger charge is -2.29. The molecule has 1 aliphatic rings. The van der Waals surface area contributed by atoms with Crippen molar-refractivity contribution in [1.82, 2.24) is 4.90 Å². The van der Waals surface area contributed by atoms with Crippen molar-refractivity contribution < 1.29 is 19.4 Å². The second-order valence-electron chi connectivity index (χ2n) is 7.25. The molecule has 2 aromatic carbocycles. The van der Waals surface area contributed by atoms with Crippen LogP contribution in [-0.2, 0) is 16.0 Å². The van der Waals surface area contributed by atoms with E-state index in [1.807, 2.05) is 62.4 Å². The SMILES string of the molecule is CC(C)[C@H]1COC(=O)N1C(=O)[C@H](Cc1ccccc1)[C@@H](O)c1ccccc1. The zero-order valence-electron chi connectivity index (χ0n) is 15.6. The maximum absolute atomic E-state index is 13.4. The minimum atomic E-state index is -1.01. The highest BCUT2D eigenvalue weighted by atomic mass is 16.6. The molecule has 0 bridgehead atoms. The van der Waals surface area contributed by atoms with Crippen molar-refractivity contribution in [2.75, 3.05) is 6.61 Å². The van der Waals surface area contributed by atoms with Gasteiger partial charge < -0.3 is 9.84 Å². The van der Waals surface area contributed by atoms with Gasteiger partial charge in [-0.1, -0.05) is 74.5 Å². The van der Waals surface area contributed by atoms with Crippen molar-refractivity contribution in [2.24, 2.45) is 11.8 Å². The zero-order valence-corrected chi connectivity index (χ0v) is 15.6. The van der Waals surface area contributed by atoms with E-state index in [9.17, 15) is 14.7 Å². The molecule has 1 saturated heterocycles. The predicted octanol–water partition coefficient (Wildman–Crippen LogP) is 3.58. The number of nitrogens with zero attached hydrogens (tertiary/aromatic N) is 1. The Morgan fingerprint density at radius 3 is 2.30 bits per heavy atom. The van der Waals surface area contributed by atoms with Crippen molar-refractivity contribution in [3.63, 3.8) is 0 Å². The molecule has 0 unspecified atom stereocenters. The number of cyclic esters (lactones) is 1. The molecule has 1 heterocycles. The minimum absolute atomic E-state index is 0.0756. The molecule has 1 N–H and O–H groups in total. The monoisotopic (exact) mass is 367 g/mol. The van der Waals surface area contributed by atoms with E-state index in [4.69, 9.17) is 4.74 Å². The van der Waals surface area contributed by atoms with Crippen LogP contribution in [0.15, 0.2) is 60.7 Å². The number of imide groups is 1. The fourth-order valence-corrected chi connectivity index (χ4v) is 3.44. The first-order valence-electron chi connectivity index (χ1n) is 9.25. The van der Waals surface area contributed by atoms with Gasteiger partial charge in [0.15, 0.2) is 0 Å². The third-order valence-electron chi connectivity index (χ3n) is 5.05. The van der Waals surface area contributed by atoms with Crippen LogP contribution in [0.1, 0.15) is 31.1 Å². The average Bonchev–Trinajstić information content (AvgIpc) is 3.08. The number of ether oxygens (including phenoxy) is 1. The predicted molar refractivity (Wildman–Crippen MR) is 102 cm³/mol. The summed E-state index contributed by atoms with van der Waals surface area (Å²) in [5.41, 5.74) is 1.58. The topological polar surface area (TPSA) is 66.8 Å². The number of hydrogen-bond donors (Lipinski definition) is 1. The van der Waals surface area contributed by atoms with Gasteiger partial charge in [-0.3, -0.25) is 4.79 Å². The minimum Gasteiger partial charge on any atom is -0.447 e. The number of carbonyl (C=O) groups excluding carboxylic acids is 2. The summed E-state index contributed by atoms with van der Waals surface area (Å²) in [5, 5.41) is 11.0. The zero-order chi connectivity index (χ0) is 19.4. The summed E-state index contributed by atoms with van der Waals surface area (Å²) in [6, 6.07) is 18.3. The molecule has 3 rings (SSSR count). The summed E-state index contributed by atoms with van der Waals surface area (Å²) in [4.78, 5) is 26.8. The number of carbonyl (C=O) groups is 2. The van der Waals surface area contributed by atoms with Crippen molar-refractivity contribution in [3.05, 3.63) is 71.8 Å². The van der Waals surface area contributed by atoms with Crippen LogP contribution < -0.4 is 0 Å². The van der Waals surface area contributed by atoms with Gasteiger partial charge >= 0.3 is 6.09 Å². The molecule has 1 aliphatic heterocycles. The number of amides is 2. The fourth-order valence-electron chi connectivity index (χ4n) is 3.44. The van der Waals surface area contributed by atoms with E-state index < -0.39 is 24.0 Å². The lowest BCUT2D eigenvalue weighted by molar-refractivity contribution is -0.138. The number of benzene rings is 2. The molecular formula is C22H25NO4. The first-order chi connectivity index (χ1) is 13.0. The Morgan fingerprint density at radius 2 is 1.70 bits per heavy atom. The Hall–Kier alpha value is -2.66. The highest BCUT2D eigenvalue weighted by Gasteiger charge is 2.44. The smallest absolute Gasteiger partial charge is 0.416 e. The molecule has 0 radical (unpaired) electrons. The van der Waals surface area contributed by atoms with Crippen molar-refractivity contribution in [1.29, 1.82) is 0 Å². The van der Waals surface area contributed by atoms with Gasteiger partial charge in [-0.2, -0.15) is 0 Å². The fraction of sp³-hybridized carbons (Fsp3) is 0.364. The number of aliphatic hydroxyl groups is 1. The van der Waals surface area contributed by atoms with Crippen LogP contribution in [0.4, 0.5) is 4.79 Å². The van der Waals surface area contributed by atoms with Crippen molar-refractivity contribution in [2.45, 2.75) is 32.4 Å². The molecule has 0 spiro atoms. The maximum atomic E-state index is 13.4. The van der Waals surface area contributed by atoms with Gasteiger partial charge in [-0.15, -0.1) is 0 Å². The third-order valence-corrected chi connectivity index (χ3v) is 5.05. The lowest BCUT2D eigenvalue weighted by Crippen LogP contribution is -2.46. The molecule has 1 fully saturated rings. The van der Waals surface area contributed by atoms with Crippen LogP contribution in [0.25, 0.3) is 0 Å². The number of hydrogen-bond acceptors (Lipinski definition) is 4. The summed E-state index contributed by atoms with van der Waals surface area (Å²) >= 11 is 0. The standard InChI is InChI=1S/C22H25NO4/c1-15(2)19-14-27-22(26)23(19)21(25)18(13-16-9-5-3-6-10-16)20(24)17-11-7-4-8-12-17/h3-12,15,18-20,24H,13-14H2,1-2H3/t18-,19-,20+/m1/s1. The molecule has 0 aliphatic carbocycles. The number of rotatable bonds is 6. The van der Waals surface area contributed by atoms with Crippen LogP contribution >= 0.6 is 0 Å². The molecule has 0 aromatic heterocycles. The second-order valence-corrected chi connectivity index (χ2v) is 7.25. The third kappa shape index (κ3) is 4.19. The van der Waals surface area contributed by atoms with Crippen LogP contribution in [0, 0.1) is 11.8 Å². The molecule has 3 atom stereocenters. The molecule has 5 heteroatoms. The van der Waals surface area contributed by atoms with Crippen LogP contribution in [0.3, 0.4) is 0 Å². The largest absolute Gasteiger partial charge is 0.447 e.